The number of hydrogen-bond acceptors (Lipinski definition) is 2. The molecule has 2 aromatic carbocycles. The van der Waals surface area contributed by atoms with Gasteiger partial charge < -0.3 is 10.1 Å². The van der Waals surface area contributed by atoms with Crippen LogP contribution in [0.4, 0.5) is 0 Å². The minimum atomic E-state index is -0.104. The van der Waals surface area contributed by atoms with E-state index in [1.54, 1.807) is 19.3 Å². The Balaban J connectivity index is 1.91. The Bertz CT molecular complexity index is 633. The van der Waals surface area contributed by atoms with Crippen LogP contribution < -0.4 is 10.1 Å². The smallest absolute Gasteiger partial charge is 0.244 e. The van der Waals surface area contributed by atoms with Crippen LogP contribution >= 0.6 is 0 Å². The molecule has 0 fully saturated rings. The molecule has 0 saturated heterocycles. The maximum atomic E-state index is 11.8. The summed E-state index contributed by atoms with van der Waals surface area (Å²) in [7, 11) is 1.65. The van der Waals surface area contributed by atoms with Gasteiger partial charge in [0, 0.05) is 12.6 Å². The molecule has 108 valence electrons. The third-order valence-electron chi connectivity index (χ3n) is 3.16. The Hall–Kier alpha value is -2.55. The normalized spacial score (nSPS) is 10.6. The molecule has 0 spiro atoms. The van der Waals surface area contributed by atoms with Crippen LogP contribution in [0, 0.1) is 6.92 Å². The van der Waals surface area contributed by atoms with Crippen molar-refractivity contribution in [2.24, 2.45) is 0 Å². The van der Waals surface area contributed by atoms with E-state index in [9.17, 15) is 4.79 Å². The second-order valence-electron chi connectivity index (χ2n) is 4.77. The van der Waals surface area contributed by atoms with Gasteiger partial charge in [0.1, 0.15) is 5.75 Å². The number of rotatable bonds is 5. The number of hydrogen-bond donors (Lipinski definition) is 1. The van der Waals surface area contributed by atoms with E-state index in [1.165, 1.54) is 0 Å². The first-order valence-electron chi connectivity index (χ1n) is 6.83. The summed E-state index contributed by atoms with van der Waals surface area (Å²) in [5.41, 5.74) is 3.10. The Morgan fingerprint density at radius 3 is 2.62 bits per heavy atom. The Kier molecular flexibility index (Phi) is 5.16. The Labute approximate surface area is 125 Å². The molecule has 0 saturated carbocycles. The van der Waals surface area contributed by atoms with E-state index in [2.05, 4.69) is 5.32 Å². The molecule has 1 N–H and O–H groups in total. The van der Waals surface area contributed by atoms with Gasteiger partial charge in [0.2, 0.25) is 5.91 Å². The van der Waals surface area contributed by atoms with Crippen molar-refractivity contribution < 1.29 is 9.53 Å². The van der Waals surface area contributed by atoms with Crippen molar-refractivity contribution in [3.8, 4) is 5.75 Å². The van der Waals surface area contributed by atoms with Crippen molar-refractivity contribution in [2.75, 3.05) is 7.11 Å². The first-order valence-corrected chi connectivity index (χ1v) is 6.83. The molecule has 0 bridgehead atoms. The van der Waals surface area contributed by atoms with E-state index in [4.69, 9.17) is 4.74 Å². The van der Waals surface area contributed by atoms with Crippen molar-refractivity contribution in [2.45, 2.75) is 13.5 Å². The average molecular weight is 281 g/mol. The van der Waals surface area contributed by atoms with Gasteiger partial charge in [-0.2, -0.15) is 0 Å². The van der Waals surface area contributed by atoms with E-state index < -0.39 is 0 Å². The maximum absolute atomic E-state index is 11.8. The van der Waals surface area contributed by atoms with Gasteiger partial charge >= 0.3 is 0 Å². The SMILES string of the molecule is COc1ccc(/C=C/C(=O)NCc2ccccc2)cc1C. The number of carbonyl (C=O) groups excluding carboxylic acids is 1. The molecule has 0 radical (unpaired) electrons. The van der Waals surface area contributed by atoms with Gasteiger partial charge in [-0.05, 0) is 41.8 Å². The summed E-state index contributed by atoms with van der Waals surface area (Å²) in [4.78, 5) is 11.8. The summed E-state index contributed by atoms with van der Waals surface area (Å²) < 4.78 is 5.21. The van der Waals surface area contributed by atoms with Crippen LogP contribution in [0.2, 0.25) is 0 Å². The molecule has 2 rings (SSSR count). The van der Waals surface area contributed by atoms with Gasteiger partial charge in [-0.1, -0.05) is 36.4 Å². The molecule has 0 aliphatic rings. The van der Waals surface area contributed by atoms with Crippen molar-refractivity contribution in [1.82, 2.24) is 5.32 Å². The van der Waals surface area contributed by atoms with E-state index in [0.717, 1.165) is 22.4 Å². The van der Waals surface area contributed by atoms with Gasteiger partial charge in [0.25, 0.3) is 0 Å². The summed E-state index contributed by atoms with van der Waals surface area (Å²) in [5.74, 6) is 0.744. The fourth-order valence-corrected chi connectivity index (χ4v) is 2.02. The number of amides is 1. The fourth-order valence-electron chi connectivity index (χ4n) is 2.02. The molecule has 0 aromatic heterocycles. The molecule has 3 heteroatoms. The van der Waals surface area contributed by atoms with Crippen molar-refractivity contribution >= 4 is 12.0 Å². The summed E-state index contributed by atoms with van der Waals surface area (Å²) in [6.07, 6.45) is 3.34. The summed E-state index contributed by atoms with van der Waals surface area (Å²) >= 11 is 0. The van der Waals surface area contributed by atoms with Crippen LogP contribution in [0.25, 0.3) is 6.08 Å². The van der Waals surface area contributed by atoms with Crippen LogP contribution in [0.15, 0.2) is 54.6 Å². The lowest BCUT2D eigenvalue weighted by atomic mass is 10.1. The molecule has 0 heterocycles. The highest BCUT2D eigenvalue weighted by Gasteiger charge is 1.99. The van der Waals surface area contributed by atoms with Crippen LogP contribution in [0.3, 0.4) is 0 Å². The average Bonchev–Trinajstić information content (AvgIpc) is 2.52. The zero-order valence-corrected chi connectivity index (χ0v) is 12.3. The van der Waals surface area contributed by atoms with E-state index >= 15 is 0 Å². The summed E-state index contributed by atoms with van der Waals surface area (Å²) in [6.45, 7) is 2.51. The first kappa shape index (κ1) is 14.9. The number of nitrogens with one attached hydrogen (secondary N) is 1. The zero-order valence-electron chi connectivity index (χ0n) is 12.3. The van der Waals surface area contributed by atoms with E-state index in [-0.39, 0.29) is 5.91 Å². The molecule has 1 amide bonds. The first-order chi connectivity index (χ1) is 10.2. The quantitative estimate of drug-likeness (QED) is 0.854. The third-order valence-corrected chi connectivity index (χ3v) is 3.16. The lowest BCUT2D eigenvalue weighted by Crippen LogP contribution is -2.20. The minimum absolute atomic E-state index is 0.104. The van der Waals surface area contributed by atoms with Crippen molar-refractivity contribution in [3.05, 3.63) is 71.3 Å². The lowest BCUT2D eigenvalue weighted by Gasteiger charge is -2.05. The predicted molar refractivity (Wildman–Crippen MR) is 85.1 cm³/mol. The van der Waals surface area contributed by atoms with Gasteiger partial charge in [0.15, 0.2) is 0 Å². The minimum Gasteiger partial charge on any atom is -0.496 e. The molecular weight excluding hydrogens is 262 g/mol. The van der Waals surface area contributed by atoms with Gasteiger partial charge in [-0.15, -0.1) is 0 Å². The second-order valence-corrected chi connectivity index (χ2v) is 4.77. The van der Waals surface area contributed by atoms with E-state index in [1.807, 2.05) is 55.5 Å². The molecule has 0 aliphatic carbocycles. The molecule has 2 aromatic rings. The fraction of sp³-hybridized carbons (Fsp3) is 0.167. The molecule has 21 heavy (non-hydrogen) atoms. The van der Waals surface area contributed by atoms with Gasteiger partial charge in [-0.3, -0.25) is 4.79 Å². The number of ether oxygens (including phenoxy) is 1. The van der Waals surface area contributed by atoms with Gasteiger partial charge in [-0.25, -0.2) is 0 Å². The Morgan fingerprint density at radius 2 is 1.95 bits per heavy atom. The predicted octanol–water partition coefficient (Wildman–Crippen LogP) is 3.33. The number of carbonyl (C=O) groups is 1. The monoisotopic (exact) mass is 281 g/mol. The van der Waals surface area contributed by atoms with Crippen LogP contribution in [0.1, 0.15) is 16.7 Å². The number of benzene rings is 2. The molecular formula is C18H19NO2. The third kappa shape index (κ3) is 4.49. The number of aryl methyl sites for hydroxylation is 1. The van der Waals surface area contributed by atoms with E-state index in [0.29, 0.717) is 6.54 Å². The molecule has 3 nitrogen and oxygen atoms in total. The Morgan fingerprint density at radius 1 is 1.19 bits per heavy atom. The highest BCUT2D eigenvalue weighted by molar-refractivity contribution is 5.91. The maximum Gasteiger partial charge on any atom is 0.244 e. The standard InChI is InChI=1S/C18H19NO2/c1-14-12-15(8-10-17(14)21-2)9-11-18(20)19-13-16-6-4-3-5-7-16/h3-12H,13H2,1-2H3,(H,19,20)/b11-9+. The van der Waals surface area contributed by atoms with Gasteiger partial charge in [0.05, 0.1) is 7.11 Å². The molecule has 0 unspecified atom stereocenters. The summed E-state index contributed by atoms with van der Waals surface area (Å²) in [6, 6.07) is 15.6. The summed E-state index contributed by atoms with van der Waals surface area (Å²) in [5, 5.41) is 2.86. The molecule has 0 aliphatic heterocycles. The highest BCUT2D eigenvalue weighted by Crippen LogP contribution is 2.19. The van der Waals surface area contributed by atoms with Crippen molar-refractivity contribution in [3.63, 3.8) is 0 Å². The van der Waals surface area contributed by atoms with Crippen molar-refractivity contribution in [1.29, 1.82) is 0 Å². The molecule has 0 atom stereocenters. The van der Waals surface area contributed by atoms with Crippen LogP contribution in [-0.2, 0) is 11.3 Å². The van der Waals surface area contributed by atoms with Crippen LogP contribution in [-0.4, -0.2) is 13.0 Å². The largest absolute Gasteiger partial charge is 0.496 e. The number of methoxy groups -OCH3 is 1. The lowest BCUT2D eigenvalue weighted by molar-refractivity contribution is -0.116. The topological polar surface area (TPSA) is 38.3 Å². The zero-order chi connectivity index (χ0) is 15.1. The second kappa shape index (κ2) is 7.29. The highest BCUT2D eigenvalue weighted by atomic mass is 16.5. The van der Waals surface area contributed by atoms with Crippen LogP contribution in [0.5, 0.6) is 5.75 Å².